The molecule has 1 atom stereocenters. The van der Waals surface area contributed by atoms with Gasteiger partial charge in [0, 0.05) is 5.25 Å². The lowest BCUT2D eigenvalue weighted by Gasteiger charge is -2.29. The molecule has 0 radical (unpaired) electrons. The van der Waals surface area contributed by atoms with Gasteiger partial charge in [-0.3, -0.25) is 10.5 Å². The van der Waals surface area contributed by atoms with Crippen molar-refractivity contribution in [2.24, 2.45) is 10.7 Å². The summed E-state index contributed by atoms with van der Waals surface area (Å²) in [6.45, 7) is 4.26. The average molecular weight is 250 g/mol. The van der Waals surface area contributed by atoms with Gasteiger partial charge in [-0.1, -0.05) is 25.4 Å². The molecule has 1 aliphatic rings. The molecule has 15 heavy (non-hydrogen) atoms. The summed E-state index contributed by atoms with van der Waals surface area (Å²) in [5.41, 5.74) is 5.68. The molecule has 1 rings (SSSR count). The van der Waals surface area contributed by atoms with E-state index in [1.807, 2.05) is 13.8 Å². The highest BCUT2D eigenvalue weighted by Gasteiger charge is 2.30. The van der Waals surface area contributed by atoms with Gasteiger partial charge in [0.1, 0.15) is 5.03 Å². The van der Waals surface area contributed by atoms with Crippen LogP contribution < -0.4 is 11.1 Å². The highest BCUT2D eigenvalue weighted by Crippen LogP contribution is 2.28. The number of hydrogen-bond acceptors (Lipinski definition) is 6. The number of thioether (sulfide) groups is 1. The highest BCUT2D eigenvalue weighted by molar-refractivity contribution is 8.03. The first kappa shape index (κ1) is 12.4. The van der Waals surface area contributed by atoms with Gasteiger partial charge in [-0.15, -0.1) is 11.8 Å². The number of aliphatic imine (C=N–C) groups is 1. The van der Waals surface area contributed by atoms with Gasteiger partial charge >= 0.3 is 0 Å². The number of ether oxygens (including phenoxy) is 1. The summed E-state index contributed by atoms with van der Waals surface area (Å²) in [5.74, 6) is -1.41. The fraction of sp³-hybridized carbons (Fsp3) is 0.500. The van der Waals surface area contributed by atoms with Gasteiger partial charge in [-0.05, 0) is 0 Å². The van der Waals surface area contributed by atoms with E-state index in [2.05, 4.69) is 15.0 Å². The predicted molar refractivity (Wildman–Crippen MR) is 61.3 cm³/mol. The van der Waals surface area contributed by atoms with Crippen LogP contribution in [-0.2, 0) is 9.53 Å². The van der Waals surface area contributed by atoms with Crippen LogP contribution in [0.15, 0.2) is 15.2 Å². The second-order valence-corrected chi connectivity index (χ2v) is 5.12. The van der Waals surface area contributed by atoms with Crippen molar-refractivity contribution in [2.45, 2.75) is 24.9 Å². The van der Waals surface area contributed by atoms with Gasteiger partial charge in [-0.2, -0.15) is 0 Å². The monoisotopic (exact) mass is 249 g/mol. The van der Waals surface area contributed by atoms with Crippen LogP contribution in [0.5, 0.6) is 0 Å². The van der Waals surface area contributed by atoms with Crippen molar-refractivity contribution in [3.05, 3.63) is 10.2 Å². The van der Waals surface area contributed by atoms with E-state index in [0.29, 0.717) is 15.4 Å². The van der Waals surface area contributed by atoms with Gasteiger partial charge < -0.3 is 10.1 Å². The third-order valence-electron chi connectivity index (χ3n) is 1.46. The molecule has 0 aromatic heterocycles. The Balaban J connectivity index is 2.79. The summed E-state index contributed by atoms with van der Waals surface area (Å²) in [6, 6.07) is 0. The SMILES string of the molecule is CC(C)SC1=C(Cl)N=CC(N)(OC=O)N1. The van der Waals surface area contributed by atoms with Crippen molar-refractivity contribution >= 4 is 36.0 Å². The van der Waals surface area contributed by atoms with Crippen molar-refractivity contribution in [1.82, 2.24) is 5.32 Å². The average Bonchev–Trinajstić information content (AvgIpc) is 2.11. The molecular weight excluding hydrogens is 238 g/mol. The third-order valence-corrected chi connectivity index (χ3v) is 2.86. The summed E-state index contributed by atoms with van der Waals surface area (Å²) < 4.78 is 4.66. The molecule has 0 bridgehead atoms. The third kappa shape index (κ3) is 3.40. The van der Waals surface area contributed by atoms with Crippen LogP contribution in [0.4, 0.5) is 0 Å². The van der Waals surface area contributed by atoms with E-state index in [1.54, 1.807) is 0 Å². The molecule has 5 nitrogen and oxygen atoms in total. The first-order chi connectivity index (χ1) is 6.97. The van der Waals surface area contributed by atoms with Crippen LogP contribution in [0.3, 0.4) is 0 Å². The predicted octanol–water partition coefficient (Wildman–Crippen LogP) is 0.953. The molecule has 0 saturated heterocycles. The van der Waals surface area contributed by atoms with Crippen LogP contribution in [-0.4, -0.2) is 23.8 Å². The Labute approximate surface area is 97.1 Å². The molecule has 1 heterocycles. The second-order valence-electron chi connectivity index (χ2n) is 3.18. The largest absolute Gasteiger partial charge is 0.422 e. The number of halogens is 1. The van der Waals surface area contributed by atoms with Crippen molar-refractivity contribution in [2.75, 3.05) is 0 Å². The number of nitrogens with two attached hydrogens (primary N) is 1. The molecule has 0 aromatic rings. The van der Waals surface area contributed by atoms with E-state index >= 15 is 0 Å². The van der Waals surface area contributed by atoms with Crippen molar-refractivity contribution < 1.29 is 9.53 Å². The number of rotatable bonds is 4. The van der Waals surface area contributed by atoms with E-state index < -0.39 is 5.85 Å². The van der Waals surface area contributed by atoms with E-state index in [9.17, 15) is 4.79 Å². The van der Waals surface area contributed by atoms with Crippen molar-refractivity contribution in [3.8, 4) is 0 Å². The Morgan fingerprint density at radius 3 is 3.00 bits per heavy atom. The normalized spacial score (nSPS) is 25.4. The van der Waals surface area contributed by atoms with E-state index in [-0.39, 0.29) is 6.47 Å². The summed E-state index contributed by atoms with van der Waals surface area (Å²) >= 11 is 7.31. The molecule has 84 valence electrons. The molecule has 0 saturated carbocycles. The van der Waals surface area contributed by atoms with Gasteiger partial charge in [0.2, 0.25) is 0 Å². The van der Waals surface area contributed by atoms with Crippen molar-refractivity contribution in [1.29, 1.82) is 0 Å². The lowest BCUT2D eigenvalue weighted by atomic mass is 10.4. The number of nitrogens with one attached hydrogen (secondary N) is 1. The molecule has 0 fully saturated rings. The second kappa shape index (κ2) is 4.87. The van der Waals surface area contributed by atoms with Crippen LogP contribution in [0.2, 0.25) is 0 Å². The standard InChI is InChI=1S/C8H12ClN3O2S/c1-5(2)15-7-6(9)11-3-8(10,12-7)14-4-13/h3-5,12H,10H2,1-2H3. The fourth-order valence-electron chi connectivity index (χ4n) is 0.926. The van der Waals surface area contributed by atoms with Crippen LogP contribution in [0, 0.1) is 0 Å². The molecule has 1 unspecified atom stereocenters. The van der Waals surface area contributed by atoms with Crippen molar-refractivity contribution in [3.63, 3.8) is 0 Å². The molecule has 0 amide bonds. The maximum atomic E-state index is 10.2. The molecule has 1 aliphatic heterocycles. The minimum atomic E-state index is -1.41. The summed E-state index contributed by atoms with van der Waals surface area (Å²) in [6.07, 6.45) is 1.24. The first-order valence-electron chi connectivity index (χ1n) is 4.27. The lowest BCUT2D eigenvalue weighted by Crippen LogP contribution is -2.57. The van der Waals surface area contributed by atoms with Gasteiger partial charge in [-0.25, -0.2) is 4.99 Å². The quantitative estimate of drug-likeness (QED) is 0.441. The maximum absolute atomic E-state index is 10.2. The summed E-state index contributed by atoms with van der Waals surface area (Å²) in [4.78, 5) is 14.1. The van der Waals surface area contributed by atoms with Gasteiger partial charge in [0.15, 0.2) is 5.16 Å². The molecule has 0 aliphatic carbocycles. The van der Waals surface area contributed by atoms with Gasteiger partial charge in [0.05, 0.1) is 6.21 Å². The minimum Gasteiger partial charge on any atom is -0.422 e. The van der Waals surface area contributed by atoms with E-state index in [1.165, 1.54) is 18.0 Å². The molecular formula is C8H12ClN3O2S. The fourth-order valence-corrected chi connectivity index (χ4v) is 2.00. The van der Waals surface area contributed by atoms with Crippen LogP contribution in [0.25, 0.3) is 0 Å². The summed E-state index contributed by atoms with van der Waals surface area (Å²) in [7, 11) is 0. The molecule has 7 heteroatoms. The Bertz CT molecular complexity index is 319. The molecule has 0 spiro atoms. The van der Waals surface area contributed by atoms with Crippen LogP contribution in [0.1, 0.15) is 13.8 Å². The molecule has 3 N–H and O–H groups in total. The van der Waals surface area contributed by atoms with E-state index in [0.717, 1.165) is 0 Å². The minimum absolute atomic E-state index is 0.260. The Morgan fingerprint density at radius 2 is 2.47 bits per heavy atom. The number of hydrogen-bond donors (Lipinski definition) is 2. The Morgan fingerprint density at radius 1 is 1.80 bits per heavy atom. The smallest absolute Gasteiger partial charge is 0.296 e. The van der Waals surface area contributed by atoms with Crippen LogP contribution >= 0.6 is 23.4 Å². The maximum Gasteiger partial charge on any atom is 0.296 e. The summed E-state index contributed by atoms with van der Waals surface area (Å²) in [5, 5.41) is 4.02. The lowest BCUT2D eigenvalue weighted by molar-refractivity contribution is -0.138. The van der Waals surface area contributed by atoms with E-state index in [4.69, 9.17) is 17.3 Å². The molecule has 0 aromatic carbocycles. The highest BCUT2D eigenvalue weighted by atomic mass is 35.5. The van der Waals surface area contributed by atoms with Gasteiger partial charge in [0.25, 0.3) is 12.3 Å². The zero-order valence-corrected chi connectivity index (χ0v) is 9.93. The topological polar surface area (TPSA) is 76.7 Å². The number of carbonyl (C=O) groups excluding carboxylic acids is 1. The zero-order valence-electron chi connectivity index (χ0n) is 8.36. The Hall–Kier alpha value is -0.720. The zero-order chi connectivity index (χ0) is 11.5. The number of carbonyl (C=O) groups is 1. The number of nitrogens with zero attached hydrogens (tertiary/aromatic N) is 1. The first-order valence-corrected chi connectivity index (χ1v) is 5.53. The Kier molecular flexibility index (Phi) is 4.01.